The van der Waals surface area contributed by atoms with E-state index in [0.717, 1.165) is 24.5 Å². The summed E-state index contributed by atoms with van der Waals surface area (Å²) in [6.07, 6.45) is 3.57. The maximum absolute atomic E-state index is 13.1. The number of pyridine rings is 1. The molecule has 3 heterocycles. The molecule has 0 fully saturated rings. The van der Waals surface area contributed by atoms with Crippen LogP contribution in [0.2, 0.25) is 0 Å². The van der Waals surface area contributed by atoms with E-state index in [0.29, 0.717) is 37.1 Å². The van der Waals surface area contributed by atoms with Gasteiger partial charge in [-0.05, 0) is 38.3 Å². The summed E-state index contributed by atoms with van der Waals surface area (Å²) in [6, 6.07) is 3.39. The van der Waals surface area contributed by atoms with Crippen molar-refractivity contribution in [2.45, 2.75) is 53.1 Å². The topological polar surface area (TPSA) is 73.1 Å². The number of ether oxygens (including phenoxy) is 1. The molecule has 2 aromatic rings. The van der Waals surface area contributed by atoms with Gasteiger partial charge in [0, 0.05) is 19.2 Å². The van der Waals surface area contributed by atoms with Crippen molar-refractivity contribution in [1.29, 1.82) is 0 Å². The number of hydrogen-bond donors (Lipinski definition) is 0. The van der Waals surface area contributed by atoms with Crippen molar-refractivity contribution in [2.75, 3.05) is 13.2 Å². The first-order valence-corrected chi connectivity index (χ1v) is 9.33. The van der Waals surface area contributed by atoms with Crippen LogP contribution in [0.4, 0.5) is 0 Å². The lowest BCUT2D eigenvalue weighted by Gasteiger charge is -2.33. The van der Waals surface area contributed by atoms with Crippen molar-refractivity contribution < 1.29 is 9.53 Å². The molecule has 2 aromatic heterocycles. The summed E-state index contributed by atoms with van der Waals surface area (Å²) < 4.78 is 7.46. The van der Waals surface area contributed by atoms with Crippen LogP contribution in [0.25, 0.3) is 0 Å². The molecule has 0 unspecified atom stereocenters. The molecular formula is C19H27N5O2. The standard InChI is InChI=1S/C19H27N5O2/c1-5-26-18-15(7-6-10-20-18)19(25)23-11-12-24-17(14(23)4)21-16(22-24)9-8-13(2)3/h6-7,10,13-14H,5,8-9,11-12H2,1-4H3/t14-/m1/s1. The smallest absolute Gasteiger partial charge is 0.260 e. The minimum absolute atomic E-state index is 0.0768. The Bertz CT molecular complexity index is 771. The SMILES string of the molecule is CCOc1ncccc1C(=O)N1CCn2nc(CCC(C)C)nc2[C@H]1C. The molecule has 1 atom stereocenters. The van der Waals surface area contributed by atoms with Gasteiger partial charge in [0.25, 0.3) is 5.91 Å². The molecule has 1 aliphatic rings. The maximum atomic E-state index is 13.1. The van der Waals surface area contributed by atoms with Crippen LogP contribution in [-0.4, -0.2) is 43.7 Å². The first-order chi connectivity index (χ1) is 12.5. The minimum atomic E-state index is -0.133. The van der Waals surface area contributed by atoms with Crippen molar-refractivity contribution >= 4 is 5.91 Å². The number of amides is 1. The summed E-state index contributed by atoms with van der Waals surface area (Å²) in [5, 5.41) is 4.62. The molecule has 7 nitrogen and oxygen atoms in total. The summed E-state index contributed by atoms with van der Waals surface area (Å²) in [6.45, 7) is 10.0. The van der Waals surface area contributed by atoms with Gasteiger partial charge >= 0.3 is 0 Å². The number of aromatic nitrogens is 4. The summed E-state index contributed by atoms with van der Waals surface area (Å²) in [4.78, 5) is 23.8. The lowest BCUT2D eigenvalue weighted by atomic mass is 10.1. The van der Waals surface area contributed by atoms with Gasteiger partial charge in [-0.3, -0.25) is 4.79 Å². The van der Waals surface area contributed by atoms with Gasteiger partial charge in [-0.25, -0.2) is 14.6 Å². The highest BCUT2D eigenvalue weighted by atomic mass is 16.5. The lowest BCUT2D eigenvalue weighted by molar-refractivity contribution is 0.0625. The van der Waals surface area contributed by atoms with Crippen molar-refractivity contribution in [2.24, 2.45) is 5.92 Å². The Morgan fingerprint density at radius 1 is 1.38 bits per heavy atom. The van der Waals surface area contributed by atoms with E-state index in [2.05, 4.69) is 23.9 Å². The van der Waals surface area contributed by atoms with Gasteiger partial charge in [-0.1, -0.05) is 13.8 Å². The molecule has 140 valence electrons. The second-order valence-electron chi connectivity index (χ2n) is 7.01. The fourth-order valence-electron chi connectivity index (χ4n) is 3.17. The van der Waals surface area contributed by atoms with E-state index in [9.17, 15) is 4.79 Å². The Morgan fingerprint density at radius 2 is 2.19 bits per heavy atom. The van der Waals surface area contributed by atoms with Gasteiger partial charge in [-0.2, -0.15) is 5.10 Å². The summed E-state index contributed by atoms with van der Waals surface area (Å²) in [5.41, 5.74) is 0.495. The molecule has 3 rings (SSSR count). The van der Waals surface area contributed by atoms with Crippen LogP contribution < -0.4 is 4.74 Å². The van der Waals surface area contributed by atoms with E-state index in [-0.39, 0.29) is 11.9 Å². The Balaban J connectivity index is 1.80. The molecule has 0 aromatic carbocycles. The first kappa shape index (κ1) is 18.4. The normalized spacial score (nSPS) is 16.7. The zero-order valence-corrected chi connectivity index (χ0v) is 16.0. The second-order valence-corrected chi connectivity index (χ2v) is 7.01. The Labute approximate surface area is 154 Å². The minimum Gasteiger partial charge on any atom is -0.477 e. The van der Waals surface area contributed by atoms with Gasteiger partial charge in [-0.15, -0.1) is 0 Å². The quantitative estimate of drug-likeness (QED) is 0.795. The Morgan fingerprint density at radius 3 is 2.92 bits per heavy atom. The van der Waals surface area contributed by atoms with Crippen molar-refractivity contribution in [3.05, 3.63) is 35.5 Å². The van der Waals surface area contributed by atoms with Gasteiger partial charge in [0.2, 0.25) is 5.88 Å². The first-order valence-electron chi connectivity index (χ1n) is 9.33. The summed E-state index contributed by atoms with van der Waals surface area (Å²) >= 11 is 0. The van der Waals surface area contributed by atoms with Crippen molar-refractivity contribution in [3.63, 3.8) is 0 Å². The van der Waals surface area contributed by atoms with E-state index in [1.54, 1.807) is 18.3 Å². The van der Waals surface area contributed by atoms with Gasteiger partial charge in [0.15, 0.2) is 5.82 Å². The van der Waals surface area contributed by atoms with Crippen LogP contribution in [0.15, 0.2) is 18.3 Å². The molecule has 0 saturated carbocycles. The molecule has 1 amide bonds. The lowest BCUT2D eigenvalue weighted by Crippen LogP contribution is -2.41. The van der Waals surface area contributed by atoms with E-state index in [1.807, 2.05) is 23.4 Å². The molecule has 0 bridgehead atoms. The molecule has 0 aliphatic carbocycles. The van der Waals surface area contributed by atoms with Gasteiger partial charge in [0.05, 0.1) is 19.2 Å². The Hall–Kier alpha value is -2.44. The van der Waals surface area contributed by atoms with Gasteiger partial charge < -0.3 is 9.64 Å². The third kappa shape index (κ3) is 3.71. The molecule has 0 saturated heterocycles. The average Bonchev–Trinajstić information content (AvgIpc) is 3.05. The number of hydrogen-bond acceptors (Lipinski definition) is 5. The number of fused-ring (bicyclic) bond motifs is 1. The zero-order valence-electron chi connectivity index (χ0n) is 16.0. The van der Waals surface area contributed by atoms with E-state index < -0.39 is 0 Å². The molecule has 0 spiro atoms. The predicted molar refractivity (Wildman–Crippen MR) is 98.0 cm³/mol. The van der Waals surface area contributed by atoms with E-state index in [4.69, 9.17) is 9.72 Å². The molecule has 1 aliphatic heterocycles. The number of rotatable bonds is 6. The van der Waals surface area contributed by atoms with E-state index >= 15 is 0 Å². The van der Waals surface area contributed by atoms with Gasteiger partial charge in [0.1, 0.15) is 11.4 Å². The van der Waals surface area contributed by atoms with Crippen LogP contribution in [0.5, 0.6) is 5.88 Å². The Kier molecular flexibility index (Phi) is 5.54. The number of nitrogens with zero attached hydrogens (tertiary/aromatic N) is 5. The predicted octanol–water partition coefficient (Wildman–Crippen LogP) is 2.88. The van der Waals surface area contributed by atoms with Crippen molar-refractivity contribution in [1.82, 2.24) is 24.6 Å². The molecule has 26 heavy (non-hydrogen) atoms. The molecule has 7 heteroatoms. The second kappa shape index (κ2) is 7.85. The third-order valence-electron chi connectivity index (χ3n) is 4.63. The zero-order chi connectivity index (χ0) is 18.7. The average molecular weight is 357 g/mol. The van der Waals surface area contributed by atoms with Crippen LogP contribution in [-0.2, 0) is 13.0 Å². The fourth-order valence-corrected chi connectivity index (χ4v) is 3.17. The van der Waals surface area contributed by atoms with Crippen LogP contribution in [0, 0.1) is 5.92 Å². The van der Waals surface area contributed by atoms with E-state index in [1.165, 1.54) is 0 Å². The van der Waals surface area contributed by atoms with Crippen molar-refractivity contribution in [3.8, 4) is 5.88 Å². The number of aryl methyl sites for hydroxylation is 1. The molecule has 0 N–H and O–H groups in total. The number of carbonyl (C=O) groups excluding carboxylic acids is 1. The van der Waals surface area contributed by atoms with Crippen LogP contribution in [0.1, 0.15) is 62.2 Å². The highest BCUT2D eigenvalue weighted by Gasteiger charge is 2.32. The fraction of sp³-hybridized carbons (Fsp3) is 0.579. The maximum Gasteiger partial charge on any atom is 0.260 e. The monoisotopic (exact) mass is 357 g/mol. The summed E-state index contributed by atoms with van der Waals surface area (Å²) in [7, 11) is 0. The highest BCUT2D eigenvalue weighted by Crippen LogP contribution is 2.27. The highest BCUT2D eigenvalue weighted by molar-refractivity contribution is 5.96. The van der Waals surface area contributed by atoms with Crippen LogP contribution in [0.3, 0.4) is 0 Å². The number of carbonyl (C=O) groups is 1. The third-order valence-corrected chi connectivity index (χ3v) is 4.63. The molecule has 0 radical (unpaired) electrons. The summed E-state index contributed by atoms with van der Waals surface area (Å²) in [5.74, 6) is 2.65. The largest absolute Gasteiger partial charge is 0.477 e. The molecular weight excluding hydrogens is 330 g/mol. The van der Waals surface area contributed by atoms with Crippen LogP contribution >= 0.6 is 0 Å².